The molecule has 3 N–H and O–H groups in total. The number of ether oxygens (including phenoxy) is 1. The minimum Gasteiger partial charge on any atom is -0.464 e. The van der Waals surface area contributed by atoms with Gasteiger partial charge in [0, 0.05) is 18.2 Å². The summed E-state index contributed by atoms with van der Waals surface area (Å²) in [6.07, 6.45) is -0.0450. The Morgan fingerprint density at radius 2 is 1.96 bits per heavy atom. The number of nitro benzene ring substituents is 1. The predicted molar refractivity (Wildman–Crippen MR) is 86.8 cm³/mol. The summed E-state index contributed by atoms with van der Waals surface area (Å²) in [5, 5.41) is 20.4. The molecular formula is C15H17N5O5. The van der Waals surface area contributed by atoms with Gasteiger partial charge in [-0.3, -0.25) is 10.1 Å². The molecule has 25 heavy (non-hydrogen) atoms. The number of benzene rings is 1. The minimum atomic E-state index is -1.28. The molecule has 132 valence electrons. The van der Waals surface area contributed by atoms with E-state index in [0.717, 1.165) is 0 Å². The first-order valence-corrected chi connectivity index (χ1v) is 7.30. The zero-order chi connectivity index (χ0) is 18.6. The number of amides is 1. The molecule has 1 aromatic heterocycles. The van der Waals surface area contributed by atoms with Crippen LogP contribution >= 0.6 is 0 Å². The first-order chi connectivity index (χ1) is 11.8. The number of nitro groups is 1. The maximum Gasteiger partial charge on any atom is 0.422 e. The number of nitrogens with two attached hydrogens (primary N) is 1. The monoisotopic (exact) mass is 347 g/mol. The van der Waals surface area contributed by atoms with Crippen LogP contribution in [0.4, 0.5) is 10.5 Å². The van der Waals surface area contributed by atoms with Gasteiger partial charge in [0.15, 0.2) is 0 Å². The van der Waals surface area contributed by atoms with Crippen molar-refractivity contribution >= 4 is 11.8 Å². The zero-order valence-corrected chi connectivity index (χ0v) is 13.6. The van der Waals surface area contributed by atoms with E-state index in [-0.39, 0.29) is 17.5 Å². The summed E-state index contributed by atoms with van der Waals surface area (Å²) >= 11 is 0. The van der Waals surface area contributed by atoms with Gasteiger partial charge >= 0.3 is 6.09 Å². The summed E-state index contributed by atoms with van der Waals surface area (Å²) in [5.74, 6) is 5.99. The van der Waals surface area contributed by atoms with Crippen molar-refractivity contribution in [1.29, 1.82) is 0 Å². The first kappa shape index (κ1) is 18.1. The Bertz CT molecular complexity index is 765. The van der Waals surface area contributed by atoms with Gasteiger partial charge in [-0.2, -0.15) is 0 Å². The van der Waals surface area contributed by atoms with Gasteiger partial charge in [0.25, 0.3) is 5.69 Å². The topological polar surface area (TPSA) is 145 Å². The third kappa shape index (κ3) is 4.38. The second-order valence-electron chi connectivity index (χ2n) is 5.51. The van der Waals surface area contributed by atoms with Crippen molar-refractivity contribution in [3.05, 3.63) is 52.5 Å². The van der Waals surface area contributed by atoms with Crippen molar-refractivity contribution in [2.24, 2.45) is 11.8 Å². The molecule has 0 aliphatic heterocycles. The van der Waals surface area contributed by atoms with Crippen molar-refractivity contribution in [2.75, 3.05) is 0 Å². The van der Waals surface area contributed by atoms with Crippen molar-refractivity contribution in [3.8, 4) is 11.6 Å². The minimum absolute atomic E-state index is 0.0594. The summed E-state index contributed by atoms with van der Waals surface area (Å²) < 4.78 is 5.54. The molecule has 1 heterocycles. The maximum absolute atomic E-state index is 11.2. The fraction of sp³-hybridized carbons (Fsp3) is 0.267. The van der Waals surface area contributed by atoms with Crippen LogP contribution in [-0.4, -0.2) is 31.1 Å². The highest BCUT2D eigenvalue weighted by Gasteiger charge is 2.27. The Balaban J connectivity index is 2.25. The van der Waals surface area contributed by atoms with Crippen LogP contribution in [-0.2, 0) is 0 Å². The van der Waals surface area contributed by atoms with Crippen molar-refractivity contribution in [3.63, 3.8) is 0 Å². The largest absolute Gasteiger partial charge is 0.464 e. The Morgan fingerprint density at radius 3 is 2.48 bits per heavy atom. The van der Waals surface area contributed by atoms with Gasteiger partial charge in [-0.15, -0.1) is 0 Å². The number of nitrogens with zero attached hydrogens (tertiary/aromatic N) is 4. The first-order valence-electron chi connectivity index (χ1n) is 7.30. The summed E-state index contributed by atoms with van der Waals surface area (Å²) in [4.78, 5) is 29.3. The molecule has 0 saturated carbocycles. The molecule has 0 spiro atoms. The molecule has 1 aromatic carbocycles. The van der Waals surface area contributed by atoms with E-state index < -0.39 is 17.1 Å². The lowest BCUT2D eigenvalue weighted by Crippen LogP contribution is -2.42. The normalized spacial score (nSPS) is 11.8. The van der Waals surface area contributed by atoms with Crippen LogP contribution in [0.15, 0.2) is 36.7 Å². The number of carboxylic acid groups (broad SMARTS) is 1. The third-order valence-corrected chi connectivity index (χ3v) is 3.39. The number of aromatic nitrogens is 2. The summed E-state index contributed by atoms with van der Waals surface area (Å²) in [6.45, 7) is 3.62. The van der Waals surface area contributed by atoms with Crippen LogP contribution in [0.3, 0.4) is 0 Å². The van der Waals surface area contributed by atoms with E-state index in [0.29, 0.717) is 16.5 Å². The number of rotatable bonds is 6. The Labute approximate surface area is 143 Å². The number of non-ortho nitro benzene ring substituents is 1. The molecule has 0 aliphatic rings. The summed E-state index contributed by atoms with van der Waals surface area (Å²) in [6, 6.07) is 6.29. The van der Waals surface area contributed by atoms with Crippen molar-refractivity contribution in [1.82, 2.24) is 15.0 Å². The number of hydrogen-bond donors (Lipinski definition) is 2. The Kier molecular flexibility index (Phi) is 5.45. The SMILES string of the molecule is CC(C)C(c1cc(Oc2ccc([N+](=O)[O-])cc2)ncn1)N(N)C(=O)O. The van der Waals surface area contributed by atoms with Crippen LogP contribution < -0.4 is 10.6 Å². The molecule has 2 rings (SSSR count). The van der Waals surface area contributed by atoms with Crippen molar-refractivity contribution in [2.45, 2.75) is 19.9 Å². The van der Waals surface area contributed by atoms with Gasteiger partial charge in [-0.05, 0) is 18.1 Å². The van der Waals surface area contributed by atoms with Gasteiger partial charge in [0.2, 0.25) is 5.88 Å². The lowest BCUT2D eigenvalue weighted by molar-refractivity contribution is -0.384. The highest BCUT2D eigenvalue weighted by Crippen LogP contribution is 2.28. The quantitative estimate of drug-likeness (QED) is 0.351. The van der Waals surface area contributed by atoms with E-state index in [1.54, 1.807) is 0 Å². The fourth-order valence-corrected chi connectivity index (χ4v) is 2.25. The van der Waals surface area contributed by atoms with Crippen LogP contribution in [0.2, 0.25) is 0 Å². The predicted octanol–water partition coefficient (Wildman–Crippen LogP) is 2.73. The summed E-state index contributed by atoms with van der Waals surface area (Å²) in [5.41, 5.74) is 0.322. The van der Waals surface area contributed by atoms with Crippen LogP contribution in [0, 0.1) is 16.0 Å². The number of carbonyl (C=O) groups is 1. The number of hydrogen-bond acceptors (Lipinski definition) is 7. The second kappa shape index (κ2) is 7.53. The summed E-state index contributed by atoms with van der Waals surface area (Å²) in [7, 11) is 0. The molecule has 0 bridgehead atoms. The molecule has 0 saturated heterocycles. The molecule has 0 fully saturated rings. The molecule has 0 aliphatic carbocycles. The van der Waals surface area contributed by atoms with Crippen molar-refractivity contribution < 1.29 is 19.6 Å². The molecule has 10 heteroatoms. The van der Waals surface area contributed by atoms with Gasteiger partial charge in [0.05, 0.1) is 16.7 Å². The maximum atomic E-state index is 11.2. The lowest BCUT2D eigenvalue weighted by Gasteiger charge is -2.27. The molecule has 2 aromatic rings. The highest BCUT2D eigenvalue weighted by molar-refractivity contribution is 5.64. The van der Waals surface area contributed by atoms with E-state index in [4.69, 9.17) is 15.7 Å². The van der Waals surface area contributed by atoms with E-state index >= 15 is 0 Å². The van der Waals surface area contributed by atoms with Gasteiger partial charge in [-0.1, -0.05) is 13.8 Å². The lowest BCUT2D eigenvalue weighted by atomic mass is 10.0. The molecule has 1 amide bonds. The van der Waals surface area contributed by atoms with Crippen LogP contribution in [0.5, 0.6) is 11.6 Å². The fourth-order valence-electron chi connectivity index (χ4n) is 2.25. The third-order valence-electron chi connectivity index (χ3n) is 3.39. The smallest absolute Gasteiger partial charge is 0.422 e. The van der Waals surface area contributed by atoms with E-state index in [1.165, 1.54) is 36.7 Å². The molecule has 0 radical (unpaired) electrons. The Morgan fingerprint density at radius 1 is 1.32 bits per heavy atom. The second-order valence-corrected chi connectivity index (χ2v) is 5.51. The van der Waals surface area contributed by atoms with E-state index in [1.807, 2.05) is 13.8 Å². The standard InChI is InChI=1S/C15H17N5O5/c1-9(2)14(19(16)15(21)22)12-7-13(18-8-17-12)25-11-5-3-10(4-6-11)20(23)24/h3-9,14H,16H2,1-2H3,(H,21,22). The van der Waals surface area contributed by atoms with Gasteiger partial charge in [-0.25, -0.2) is 25.6 Å². The average molecular weight is 347 g/mol. The zero-order valence-electron chi connectivity index (χ0n) is 13.6. The molecule has 1 atom stereocenters. The van der Waals surface area contributed by atoms with E-state index in [2.05, 4.69) is 9.97 Å². The highest BCUT2D eigenvalue weighted by atomic mass is 16.6. The van der Waals surface area contributed by atoms with E-state index in [9.17, 15) is 14.9 Å². The average Bonchev–Trinajstić information content (AvgIpc) is 2.55. The Hall–Kier alpha value is -3.27. The molecule has 10 nitrogen and oxygen atoms in total. The van der Waals surface area contributed by atoms with Gasteiger partial charge < -0.3 is 9.84 Å². The molecule has 1 unspecified atom stereocenters. The molecular weight excluding hydrogens is 330 g/mol. The number of hydrazine groups is 1. The van der Waals surface area contributed by atoms with Crippen LogP contribution in [0.1, 0.15) is 25.6 Å². The van der Waals surface area contributed by atoms with Crippen LogP contribution in [0.25, 0.3) is 0 Å². The van der Waals surface area contributed by atoms with Gasteiger partial charge in [0.1, 0.15) is 12.1 Å².